The van der Waals surface area contributed by atoms with Gasteiger partial charge >= 0.3 is 5.97 Å². The second-order valence-electron chi connectivity index (χ2n) is 26.7. The van der Waals surface area contributed by atoms with Crippen LogP contribution in [0, 0.1) is 50.2 Å². The standard InChI is InChI=1S/C55H90O25/c1-22(59)74-45-44(71)55(21-58)24(15-50(45,2)3)23-9-10-30-52(6)13-12-32(51(4,5)29(52)11-14-53(30,7)54(23,8)16-31(55)61)78-49-43(80-48-40(69)37(66)35(64)27(18-57)76-48)41(70)42(79-47-39(68)36(65)34(63)26(17-56)75-47)28(77-49)20-73-46-38(67)33(62)25(60)19-72-46/h9,24-49,56-58,60-71H,10-21H2,1-8H3/t24-,25+,26-,27-,28-,29+,30-,31-,32+,33+,34-,35-,36+,37+,38-,39-,40-,41+,42-,43-,44+,45+,46+,47+,48+,49+,52+,53-,54-,55+/m1/s1. The number of esters is 1. The van der Waals surface area contributed by atoms with Gasteiger partial charge < -0.3 is 119 Å². The summed E-state index contributed by atoms with van der Waals surface area (Å²) in [6.45, 7) is 12.9. The average molecular weight is 1150 g/mol. The Hall–Kier alpha value is -1.71. The minimum absolute atomic E-state index is 0.0400. The van der Waals surface area contributed by atoms with E-state index in [9.17, 15) is 81.4 Å². The van der Waals surface area contributed by atoms with Gasteiger partial charge in [0, 0.05) is 12.3 Å². The Morgan fingerprint density at radius 1 is 0.625 bits per heavy atom. The van der Waals surface area contributed by atoms with Crippen molar-refractivity contribution in [3.05, 3.63) is 11.6 Å². The zero-order chi connectivity index (χ0) is 58.7. The molecule has 0 aromatic carbocycles. The monoisotopic (exact) mass is 1150 g/mol. The lowest BCUT2D eigenvalue weighted by Crippen LogP contribution is -2.72. The molecule has 4 aliphatic heterocycles. The van der Waals surface area contributed by atoms with Crippen LogP contribution in [0.5, 0.6) is 0 Å². The van der Waals surface area contributed by atoms with Gasteiger partial charge in [-0.1, -0.05) is 60.1 Å². The number of rotatable bonds is 13. The van der Waals surface area contributed by atoms with E-state index in [0.29, 0.717) is 38.5 Å². The lowest BCUT2D eigenvalue weighted by molar-refractivity contribution is -0.398. The summed E-state index contributed by atoms with van der Waals surface area (Å²) in [4.78, 5) is 12.4. The molecule has 4 saturated carbocycles. The van der Waals surface area contributed by atoms with E-state index in [4.69, 9.17) is 42.6 Å². The van der Waals surface area contributed by atoms with Crippen LogP contribution in [0.4, 0.5) is 0 Å². The highest BCUT2D eigenvalue weighted by Crippen LogP contribution is 2.76. The zero-order valence-corrected chi connectivity index (χ0v) is 46.9. The van der Waals surface area contributed by atoms with Gasteiger partial charge in [-0.05, 0) is 84.4 Å². The van der Waals surface area contributed by atoms with Crippen molar-refractivity contribution < 1.29 is 124 Å². The molecule has 0 unspecified atom stereocenters. The number of allylic oxidation sites excluding steroid dienone is 2. The summed E-state index contributed by atoms with van der Waals surface area (Å²) in [5.74, 6) is -0.974. The third kappa shape index (κ3) is 10.1. The average Bonchev–Trinajstić information content (AvgIpc) is 3.43. The molecule has 4 heterocycles. The van der Waals surface area contributed by atoms with E-state index in [1.807, 2.05) is 13.8 Å². The third-order valence-corrected chi connectivity index (χ3v) is 21.7. The number of hydrogen-bond donors (Lipinski definition) is 15. The zero-order valence-electron chi connectivity index (χ0n) is 46.9. The van der Waals surface area contributed by atoms with Gasteiger partial charge in [0.15, 0.2) is 25.2 Å². The molecule has 5 aliphatic carbocycles. The van der Waals surface area contributed by atoms with Gasteiger partial charge in [-0.2, -0.15) is 0 Å². The molecule has 9 aliphatic rings. The molecule has 9 rings (SSSR count). The quantitative estimate of drug-likeness (QED) is 0.0485. The van der Waals surface area contributed by atoms with Crippen LogP contribution in [0.2, 0.25) is 0 Å². The molecule has 15 N–H and O–H groups in total. The third-order valence-electron chi connectivity index (χ3n) is 21.7. The molecule has 0 aromatic rings. The molecule has 25 nitrogen and oxygen atoms in total. The Morgan fingerprint density at radius 2 is 1.20 bits per heavy atom. The van der Waals surface area contributed by atoms with Crippen molar-refractivity contribution in [2.45, 2.75) is 241 Å². The summed E-state index contributed by atoms with van der Waals surface area (Å²) < 4.78 is 54.8. The molecule has 80 heavy (non-hydrogen) atoms. The lowest BCUT2D eigenvalue weighted by atomic mass is 9.33. The topological polar surface area (TPSA) is 404 Å². The summed E-state index contributed by atoms with van der Waals surface area (Å²) in [5.41, 5.74) is -3.04. The summed E-state index contributed by atoms with van der Waals surface area (Å²) in [5, 5.41) is 165. The molecule has 8 fully saturated rings. The highest BCUT2D eigenvalue weighted by molar-refractivity contribution is 5.66. The highest BCUT2D eigenvalue weighted by atomic mass is 16.8. The van der Waals surface area contributed by atoms with Gasteiger partial charge in [0.1, 0.15) is 104 Å². The van der Waals surface area contributed by atoms with Gasteiger partial charge in [0.05, 0.1) is 50.7 Å². The van der Waals surface area contributed by atoms with Crippen LogP contribution in [-0.2, 0) is 47.4 Å². The van der Waals surface area contributed by atoms with Crippen LogP contribution in [-0.4, -0.2) is 257 Å². The second kappa shape index (κ2) is 22.9. The number of carbonyl (C=O) groups excluding carboxylic acids is 1. The van der Waals surface area contributed by atoms with E-state index >= 15 is 0 Å². The van der Waals surface area contributed by atoms with Gasteiger partial charge in [-0.25, -0.2) is 0 Å². The summed E-state index contributed by atoms with van der Waals surface area (Å²) in [7, 11) is 0. The molecule has 0 spiro atoms. The number of hydrogen-bond acceptors (Lipinski definition) is 25. The first-order valence-corrected chi connectivity index (χ1v) is 28.4. The number of fused-ring (bicyclic) bond motifs is 7. The van der Waals surface area contributed by atoms with Crippen molar-refractivity contribution in [1.29, 1.82) is 0 Å². The van der Waals surface area contributed by atoms with Crippen LogP contribution >= 0.6 is 0 Å². The fourth-order valence-corrected chi connectivity index (χ4v) is 16.9. The fraction of sp³-hybridized carbons (Fsp3) is 0.945. The Bertz CT molecular complexity index is 2200. The Labute approximate surface area is 465 Å². The number of aliphatic hydroxyl groups is 15. The first-order chi connectivity index (χ1) is 37.4. The maximum absolute atomic E-state index is 12.6. The Morgan fingerprint density at radius 3 is 1.77 bits per heavy atom. The molecule has 0 amide bonds. The van der Waals surface area contributed by atoms with Crippen molar-refractivity contribution in [1.82, 2.24) is 0 Å². The van der Waals surface area contributed by atoms with E-state index in [-0.39, 0.29) is 23.7 Å². The Balaban J connectivity index is 1.03. The van der Waals surface area contributed by atoms with Crippen LogP contribution in [0.25, 0.3) is 0 Å². The molecule has 0 aromatic heterocycles. The highest BCUT2D eigenvalue weighted by Gasteiger charge is 2.73. The number of aliphatic hydroxyl groups excluding tert-OH is 15. The van der Waals surface area contributed by atoms with E-state index in [1.54, 1.807) is 0 Å². The van der Waals surface area contributed by atoms with E-state index in [0.717, 1.165) is 5.57 Å². The summed E-state index contributed by atoms with van der Waals surface area (Å²) in [6.07, 6.45) is -31.3. The van der Waals surface area contributed by atoms with E-state index in [2.05, 4.69) is 40.7 Å². The second-order valence-corrected chi connectivity index (χ2v) is 26.7. The van der Waals surface area contributed by atoms with Crippen molar-refractivity contribution in [3.8, 4) is 0 Å². The Kier molecular flexibility index (Phi) is 17.9. The van der Waals surface area contributed by atoms with Crippen LogP contribution in [0.3, 0.4) is 0 Å². The first-order valence-electron chi connectivity index (χ1n) is 28.4. The molecule has 25 heteroatoms. The number of ether oxygens (including phenoxy) is 9. The summed E-state index contributed by atoms with van der Waals surface area (Å²) in [6, 6.07) is 0. The maximum Gasteiger partial charge on any atom is 0.303 e. The van der Waals surface area contributed by atoms with Crippen molar-refractivity contribution in [2.24, 2.45) is 50.2 Å². The predicted molar refractivity (Wildman–Crippen MR) is 270 cm³/mol. The van der Waals surface area contributed by atoms with Crippen LogP contribution < -0.4 is 0 Å². The molecule has 460 valence electrons. The molecule has 0 bridgehead atoms. The molecule has 4 saturated heterocycles. The van der Waals surface area contributed by atoms with Crippen LogP contribution in [0.1, 0.15) is 100 Å². The van der Waals surface area contributed by atoms with E-state index in [1.165, 1.54) is 6.92 Å². The largest absolute Gasteiger partial charge is 0.459 e. The van der Waals surface area contributed by atoms with Gasteiger partial charge in [-0.15, -0.1) is 0 Å². The van der Waals surface area contributed by atoms with Gasteiger partial charge in [0.2, 0.25) is 0 Å². The van der Waals surface area contributed by atoms with Crippen molar-refractivity contribution in [3.63, 3.8) is 0 Å². The molecule has 0 radical (unpaired) electrons. The van der Waals surface area contributed by atoms with Gasteiger partial charge in [0.25, 0.3) is 0 Å². The predicted octanol–water partition coefficient (Wildman–Crippen LogP) is -3.44. The maximum atomic E-state index is 12.6. The SMILES string of the molecule is CC(=O)O[C@H]1[C@H](O)[C@]2(CO)[C@H](O)C[C@]3(C)C(=CC[C@@H]4[C@@]5(C)CC[C@H](O[C@@H]6O[C@H](CO[C@@H]7OC[C@H](O)[C@H](O)[C@H]7O)[C@@H](O[C@@H]7O[C@H](CO)[C@@H](O)[C@H](O)[C@H]7O)[C@H](O)[C@H]6O[C@@H]6O[C@H](CO)[C@@H](O)[C@H](O)[C@H]6O)C(C)(C)[C@@H]5CC[C@]43C)[C@H]2CC1(C)C. The first kappa shape index (κ1) is 62.8. The van der Waals surface area contributed by atoms with Crippen molar-refractivity contribution in [2.75, 3.05) is 33.0 Å². The van der Waals surface area contributed by atoms with Crippen LogP contribution in [0.15, 0.2) is 11.6 Å². The normalized spacial score (nSPS) is 53.8. The number of carbonyl (C=O) groups is 1. The molecule has 30 atom stereocenters. The van der Waals surface area contributed by atoms with Crippen molar-refractivity contribution >= 4 is 5.97 Å². The minimum atomic E-state index is -1.99. The smallest absolute Gasteiger partial charge is 0.303 e. The molecular weight excluding hydrogens is 1060 g/mol. The van der Waals surface area contributed by atoms with Gasteiger partial charge in [-0.3, -0.25) is 4.79 Å². The minimum Gasteiger partial charge on any atom is -0.459 e. The fourth-order valence-electron chi connectivity index (χ4n) is 16.9. The molecular formula is C55H90O25. The van der Waals surface area contributed by atoms with E-state index < -0.39 is 213 Å². The summed E-state index contributed by atoms with van der Waals surface area (Å²) >= 11 is 0. The lowest BCUT2D eigenvalue weighted by Gasteiger charge is -2.72.